The molecule has 38 heteroatoms. The van der Waals surface area contributed by atoms with Gasteiger partial charge in [0.1, 0.15) is 78.8 Å². The molecule has 6 aliphatic heterocycles. The maximum absolute atomic E-state index is 14.9. The fourth-order valence-electron chi connectivity index (χ4n) is 11.1. The first-order valence-corrected chi connectivity index (χ1v) is 34.9. The summed E-state index contributed by atoms with van der Waals surface area (Å²) < 4.78 is 84.3. The lowest BCUT2D eigenvalue weighted by molar-refractivity contribution is -0.341. The number of carboxylic acid groups (broad SMARTS) is 1. The van der Waals surface area contributed by atoms with Crippen LogP contribution in [0.4, 0.5) is 62.1 Å². The Kier molecular flexibility index (Phi) is 28.3. The zero-order chi connectivity index (χ0) is 76.6. The second kappa shape index (κ2) is 37.4. The number of hydrogen-bond donors (Lipinski definition) is 1. The Labute approximate surface area is 623 Å². The molecule has 1 N–H and O–H groups in total. The summed E-state index contributed by atoms with van der Waals surface area (Å²) in [6.45, 7) is 8.03. The van der Waals surface area contributed by atoms with E-state index in [2.05, 4.69) is 34.8 Å². The highest BCUT2D eigenvalue weighted by molar-refractivity contribution is 7.43. The van der Waals surface area contributed by atoms with Crippen molar-refractivity contribution >= 4 is 115 Å². The van der Waals surface area contributed by atoms with Crippen LogP contribution in [-0.4, -0.2) is 205 Å². The summed E-state index contributed by atoms with van der Waals surface area (Å²) in [7, 11) is -5.25. The SMILES string of the molecule is CC[C@H]1CN(c2ccc(-c3ccc(N4C=NN(C(=O)COC(=O)CCC(=O)O)CC4)nc3)c(F)c2)C(=O)O1.CC[C@H]1CN(c2ccc(-c3ccc(N4C=NN(C(=O)COC(C)=O)CC4)nc3)c(F)c2)C(=O)O1.CC[C@H]1CN(c2ccc(-c3ccc(N4C=NN(C(=O)COP(=O)([O-])[O-])CC4)nc3)c(F)c2)C(=O)O1.[CH3+].[CH3+]. The van der Waals surface area contributed by atoms with Crippen LogP contribution in [0.5, 0.6) is 0 Å². The monoisotopic (exact) mass is 1530 g/mol. The maximum atomic E-state index is 14.9. The topological polar surface area (TPSA) is 397 Å². The molecule has 0 saturated carbocycles. The minimum absolute atomic E-state index is 0. The normalized spacial score (nSPS) is 17.3. The van der Waals surface area contributed by atoms with Crippen LogP contribution in [0.1, 0.15) is 59.8 Å². The van der Waals surface area contributed by atoms with Crippen molar-refractivity contribution in [2.75, 3.05) is 108 Å². The number of anilines is 6. The third-order valence-electron chi connectivity index (χ3n) is 17.0. The van der Waals surface area contributed by atoms with Gasteiger partial charge in [0.2, 0.25) is 0 Å². The fraction of sp³-hybridized carbons (Fsp3) is 0.338. The summed E-state index contributed by atoms with van der Waals surface area (Å²) in [5.41, 5.74) is 3.94. The number of hydrazone groups is 3. The zero-order valence-electron chi connectivity index (χ0n) is 60.0. The van der Waals surface area contributed by atoms with Crippen LogP contribution in [0, 0.1) is 32.3 Å². The van der Waals surface area contributed by atoms with E-state index in [0.717, 1.165) is 10.0 Å². The molecule has 0 bridgehead atoms. The van der Waals surface area contributed by atoms with E-state index in [1.54, 1.807) is 93.7 Å². The molecule has 0 unspecified atom stereocenters. The third kappa shape index (κ3) is 21.5. The van der Waals surface area contributed by atoms with Gasteiger partial charge in [0, 0.05) is 93.4 Å². The number of phosphoric acid groups is 1. The molecule has 0 spiro atoms. The standard InChI is InChI=1S/C25H26FN5O7.C23H24FN5O5.C21H23FN5O7P.2CH3/c1-2-18-13-30(25(36)38-18)17-4-5-19(20(26)11-17)16-3-6-21(27-12-16)29-9-10-31(28-15-29)22(32)14-37-24(35)8-7-23(33)34;1-3-18-12-28(23(32)34-18)17-5-6-19(20(24)10-17)16-4-7-21(25-11-16)27-8-9-29(26-14-27)22(31)13-33-15(2)30;1-2-16-11-26(21(29)34-16)15-4-5-17(18(22)9-15)14-3-6-19(23-10-14)25-7-8-27(24-13-25)20(28)12-33-35(30,31)32;;/h3-6,11-12,15,18H,2,7-10,13-14H2,1H3,(H,33,34);4-7,10-11,14,18H,3,8-9,12-13H2,1-2H3;3-6,9-10,13,16H,2,7-8,11-12H2,1H3,(H2,30,31,32);2*1H3/q;;;2*+1/p-2/t2*18-;16-;;/m000../s1. The Hall–Kier alpha value is -12.2. The largest absolute Gasteiger partial charge is 0.790 e. The van der Waals surface area contributed by atoms with Crippen LogP contribution in [0.25, 0.3) is 33.4 Å². The molecule has 3 fully saturated rings. The lowest BCUT2D eigenvalue weighted by Crippen LogP contribution is -2.42. The van der Waals surface area contributed by atoms with Crippen LogP contribution < -0.4 is 39.2 Å². The van der Waals surface area contributed by atoms with Gasteiger partial charge in [0.05, 0.1) is 77.0 Å². The number of carbonyl (C=O) groups excluding carboxylic acids is 8. The molecule has 12 rings (SSSR count). The molecule has 6 aliphatic rings. The fourth-order valence-corrected chi connectivity index (χ4v) is 11.3. The van der Waals surface area contributed by atoms with Gasteiger partial charge in [-0.3, -0.25) is 43.5 Å². The molecule has 576 valence electrons. The van der Waals surface area contributed by atoms with Crippen LogP contribution in [0.2, 0.25) is 0 Å². The van der Waals surface area contributed by atoms with Crippen LogP contribution in [0.3, 0.4) is 0 Å². The van der Waals surface area contributed by atoms with E-state index >= 15 is 0 Å². The number of ether oxygens (including phenoxy) is 5. The van der Waals surface area contributed by atoms with Crippen molar-refractivity contribution in [1.29, 1.82) is 0 Å². The van der Waals surface area contributed by atoms with E-state index in [4.69, 9.17) is 28.8 Å². The molecule has 0 radical (unpaired) electrons. The second-order valence-electron chi connectivity index (χ2n) is 24.2. The summed E-state index contributed by atoms with van der Waals surface area (Å²) in [5, 5.41) is 24.0. The Morgan fingerprint density at radius 2 is 0.826 bits per heavy atom. The highest BCUT2D eigenvalue weighted by atomic mass is 31.2. The number of aliphatic carboxylic acids is 1. The molecule has 0 aliphatic carbocycles. The van der Waals surface area contributed by atoms with Gasteiger partial charge < -0.3 is 62.4 Å². The van der Waals surface area contributed by atoms with E-state index in [9.17, 15) is 70.7 Å². The van der Waals surface area contributed by atoms with Gasteiger partial charge in [-0.05, 0) is 110 Å². The van der Waals surface area contributed by atoms with Gasteiger partial charge in [-0.2, -0.15) is 15.3 Å². The molecule has 3 aromatic carbocycles. The number of carboxylic acids is 1. The van der Waals surface area contributed by atoms with Crippen molar-refractivity contribution in [3.8, 4) is 33.4 Å². The van der Waals surface area contributed by atoms with Gasteiger partial charge in [0.25, 0.3) is 17.7 Å². The molecular formula is C71H77F3N15O19P. The Bertz CT molecular complexity index is 4450. The predicted molar refractivity (Wildman–Crippen MR) is 386 cm³/mol. The predicted octanol–water partition coefficient (Wildman–Crippen LogP) is 7.36. The van der Waals surface area contributed by atoms with Crippen LogP contribution in [-0.2, 0) is 61.5 Å². The number of pyridine rings is 3. The third-order valence-corrected chi connectivity index (χ3v) is 17.4. The number of carbonyl (C=O) groups is 9. The first kappa shape index (κ1) is 82.4. The minimum Gasteiger partial charge on any atom is -0.790 e. The number of aromatic nitrogens is 3. The lowest BCUT2D eigenvalue weighted by Gasteiger charge is -2.31. The smallest absolute Gasteiger partial charge is 0.414 e. The van der Waals surface area contributed by atoms with Crippen molar-refractivity contribution in [3.63, 3.8) is 0 Å². The summed E-state index contributed by atoms with van der Waals surface area (Å²) in [6.07, 6.45) is 8.05. The number of nitrogens with zero attached hydrogens (tertiary/aromatic N) is 15. The van der Waals surface area contributed by atoms with Crippen LogP contribution in [0.15, 0.2) is 125 Å². The van der Waals surface area contributed by atoms with Crippen molar-refractivity contribution in [3.05, 3.63) is 142 Å². The number of rotatable bonds is 22. The van der Waals surface area contributed by atoms with E-state index in [1.807, 2.05) is 20.8 Å². The van der Waals surface area contributed by atoms with Gasteiger partial charge in [-0.25, -0.2) is 57.5 Å². The van der Waals surface area contributed by atoms with Gasteiger partial charge in [0.15, 0.2) is 13.2 Å². The lowest BCUT2D eigenvalue weighted by atomic mass is 10.1. The van der Waals surface area contributed by atoms with Crippen molar-refractivity contribution in [2.24, 2.45) is 15.3 Å². The molecule has 9 heterocycles. The maximum Gasteiger partial charge on any atom is 0.414 e. The molecular weight excluding hydrogens is 1450 g/mol. The van der Waals surface area contributed by atoms with E-state index < -0.39 is 92.4 Å². The van der Waals surface area contributed by atoms with Crippen molar-refractivity contribution < 1.29 is 104 Å². The molecule has 3 aromatic heterocycles. The van der Waals surface area contributed by atoms with E-state index in [-0.39, 0.29) is 65.7 Å². The Morgan fingerprint density at radius 1 is 0.495 bits per heavy atom. The molecule has 3 saturated heterocycles. The molecule has 34 nitrogen and oxygen atoms in total. The molecule has 6 amide bonds. The summed E-state index contributed by atoms with van der Waals surface area (Å²) in [4.78, 5) is 148. The Balaban J connectivity index is 0.000000204. The number of amides is 6. The van der Waals surface area contributed by atoms with Crippen LogP contribution >= 0.6 is 7.82 Å². The van der Waals surface area contributed by atoms with Crippen molar-refractivity contribution in [1.82, 2.24) is 30.0 Å². The van der Waals surface area contributed by atoms with E-state index in [1.165, 1.54) is 76.2 Å². The number of hydrogen-bond acceptors (Lipinski definition) is 27. The second-order valence-corrected chi connectivity index (χ2v) is 25.3. The number of halogens is 3. The van der Waals surface area contributed by atoms with Gasteiger partial charge >= 0.3 is 36.2 Å². The van der Waals surface area contributed by atoms with E-state index in [0.29, 0.717) is 133 Å². The zero-order valence-corrected chi connectivity index (χ0v) is 60.9. The summed E-state index contributed by atoms with van der Waals surface area (Å²) >= 11 is 0. The van der Waals surface area contributed by atoms with Gasteiger partial charge in [-0.15, -0.1) is 0 Å². The average molecular weight is 1530 g/mol. The van der Waals surface area contributed by atoms with Crippen molar-refractivity contribution in [2.45, 2.75) is 78.1 Å². The number of cyclic esters (lactones) is 3. The highest BCUT2D eigenvalue weighted by Crippen LogP contribution is 2.35. The highest BCUT2D eigenvalue weighted by Gasteiger charge is 2.35. The number of phosphoric ester groups is 1. The first-order chi connectivity index (χ1) is 51.2. The number of esters is 2. The molecule has 109 heavy (non-hydrogen) atoms. The first-order valence-electron chi connectivity index (χ1n) is 33.5. The minimum atomic E-state index is -5.25. The molecule has 6 aromatic rings. The average Bonchev–Trinajstić information content (AvgIpc) is 1.80. The summed E-state index contributed by atoms with van der Waals surface area (Å²) in [5.74, 6) is -4.04. The summed E-state index contributed by atoms with van der Waals surface area (Å²) in [6, 6.07) is 23.9. The quantitative estimate of drug-likeness (QED) is 0.0300. The Morgan fingerprint density at radius 3 is 1.08 bits per heavy atom. The van der Waals surface area contributed by atoms with Gasteiger partial charge in [-0.1, -0.05) is 20.8 Å². The number of benzene rings is 3. The molecule has 3 atom stereocenters.